The normalized spacial score (nSPS) is 12.9. The Kier molecular flexibility index (Phi) is 5.73. The van der Waals surface area contributed by atoms with Gasteiger partial charge >= 0.3 is 0 Å². The number of H-pyrrole nitrogens is 1. The van der Waals surface area contributed by atoms with Gasteiger partial charge in [-0.15, -0.1) is 0 Å². The van der Waals surface area contributed by atoms with E-state index in [-0.39, 0.29) is 12.5 Å². The zero-order valence-corrected chi connectivity index (χ0v) is 18.6. The lowest BCUT2D eigenvalue weighted by Crippen LogP contribution is -2.26. The van der Waals surface area contributed by atoms with Gasteiger partial charge in [0.2, 0.25) is 5.91 Å². The number of anilines is 1. The molecule has 0 saturated heterocycles. The van der Waals surface area contributed by atoms with E-state index in [2.05, 4.69) is 16.3 Å². The summed E-state index contributed by atoms with van der Waals surface area (Å²) in [5, 5.41) is 8.65. The summed E-state index contributed by atoms with van der Waals surface area (Å²) in [6.07, 6.45) is 0.601. The van der Waals surface area contributed by atoms with Gasteiger partial charge < -0.3 is 21.1 Å². The van der Waals surface area contributed by atoms with Crippen molar-refractivity contribution in [3.8, 4) is 22.4 Å². The number of primary amides is 1. The zero-order valence-electron chi connectivity index (χ0n) is 18.6. The summed E-state index contributed by atoms with van der Waals surface area (Å²) in [5.74, 6) is -0.592. The second kappa shape index (κ2) is 8.99. The maximum atomic E-state index is 13.1. The number of nitrogen functional groups attached to an aromatic ring is 1. The molecular weight excluding hydrogens is 430 g/mol. The third kappa shape index (κ3) is 3.99. The van der Waals surface area contributed by atoms with Gasteiger partial charge in [0.25, 0.3) is 5.91 Å². The molecule has 34 heavy (non-hydrogen) atoms. The SMILES string of the molecule is NC(=O)COCCCN1Cc2c(-c3ccc4[nH]nc(-c5ccccc5)c4c3)ccc(N)c2C1=O. The van der Waals surface area contributed by atoms with Crippen LogP contribution in [0.5, 0.6) is 0 Å². The lowest BCUT2D eigenvalue weighted by molar-refractivity contribution is -0.122. The maximum Gasteiger partial charge on any atom is 0.256 e. The minimum absolute atomic E-state index is 0.0846. The molecule has 8 heteroatoms. The average molecular weight is 456 g/mol. The molecule has 1 aliphatic rings. The molecule has 0 bridgehead atoms. The lowest BCUT2D eigenvalue weighted by atomic mass is 9.94. The van der Waals surface area contributed by atoms with E-state index in [0.29, 0.717) is 37.4 Å². The lowest BCUT2D eigenvalue weighted by Gasteiger charge is -2.15. The number of carbonyl (C=O) groups excluding carboxylic acids is 2. The van der Waals surface area contributed by atoms with Gasteiger partial charge in [-0.3, -0.25) is 14.7 Å². The first-order valence-corrected chi connectivity index (χ1v) is 11.1. The molecule has 0 aliphatic carbocycles. The quantitative estimate of drug-likeness (QED) is 0.277. The molecule has 0 spiro atoms. The summed E-state index contributed by atoms with van der Waals surface area (Å²) in [5.41, 5.74) is 18.1. The van der Waals surface area contributed by atoms with E-state index in [9.17, 15) is 9.59 Å². The number of fused-ring (bicyclic) bond motifs is 2. The highest BCUT2D eigenvalue weighted by atomic mass is 16.5. The fourth-order valence-electron chi connectivity index (χ4n) is 4.48. The van der Waals surface area contributed by atoms with E-state index >= 15 is 0 Å². The zero-order chi connectivity index (χ0) is 23.7. The first kappa shape index (κ1) is 21.7. The molecule has 5 rings (SSSR count). The number of rotatable bonds is 8. The number of benzene rings is 3. The van der Waals surface area contributed by atoms with Gasteiger partial charge in [0.1, 0.15) is 6.61 Å². The molecule has 8 nitrogen and oxygen atoms in total. The van der Waals surface area contributed by atoms with Gasteiger partial charge in [0.15, 0.2) is 0 Å². The minimum Gasteiger partial charge on any atom is -0.398 e. The summed E-state index contributed by atoms with van der Waals surface area (Å²) >= 11 is 0. The molecule has 0 radical (unpaired) electrons. The number of aromatic amines is 1. The van der Waals surface area contributed by atoms with E-state index < -0.39 is 5.91 Å². The number of nitrogens with one attached hydrogen (secondary N) is 1. The van der Waals surface area contributed by atoms with Gasteiger partial charge in [0, 0.05) is 36.3 Å². The summed E-state index contributed by atoms with van der Waals surface area (Å²) in [7, 11) is 0. The Labute approximate surface area is 196 Å². The van der Waals surface area contributed by atoms with Crippen LogP contribution in [0.3, 0.4) is 0 Å². The molecule has 5 N–H and O–H groups in total. The molecule has 0 fully saturated rings. The Balaban J connectivity index is 1.45. The molecule has 0 saturated carbocycles. The number of hydrogen-bond donors (Lipinski definition) is 3. The van der Waals surface area contributed by atoms with Crippen LogP contribution in [0.2, 0.25) is 0 Å². The Morgan fingerprint density at radius 2 is 1.91 bits per heavy atom. The van der Waals surface area contributed by atoms with E-state index in [4.69, 9.17) is 16.2 Å². The summed E-state index contributed by atoms with van der Waals surface area (Å²) in [6, 6.07) is 20.0. The van der Waals surface area contributed by atoms with E-state index in [1.165, 1.54) is 0 Å². The third-order valence-electron chi connectivity index (χ3n) is 6.08. The Morgan fingerprint density at radius 1 is 1.09 bits per heavy atom. The van der Waals surface area contributed by atoms with Crippen LogP contribution in [0, 0.1) is 0 Å². The van der Waals surface area contributed by atoms with E-state index in [0.717, 1.165) is 38.9 Å². The van der Waals surface area contributed by atoms with Crippen LogP contribution in [0.15, 0.2) is 60.7 Å². The van der Waals surface area contributed by atoms with Crippen molar-refractivity contribution in [3.05, 3.63) is 71.8 Å². The van der Waals surface area contributed by atoms with E-state index in [1.807, 2.05) is 48.5 Å². The first-order chi connectivity index (χ1) is 16.5. The highest BCUT2D eigenvalue weighted by Crippen LogP contribution is 2.38. The molecule has 2 amide bonds. The molecule has 0 atom stereocenters. The predicted octanol–water partition coefficient (Wildman–Crippen LogP) is 3.33. The molecule has 2 heterocycles. The van der Waals surface area contributed by atoms with Crippen LogP contribution in [0.1, 0.15) is 22.3 Å². The summed E-state index contributed by atoms with van der Waals surface area (Å²) in [4.78, 5) is 25.7. The Hall–Kier alpha value is -4.17. The molecule has 1 aromatic heterocycles. The predicted molar refractivity (Wildman–Crippen MR) is 131 cm³/mol. The topological polar surface area (TPSA) is 127 Å². The maximum absolute atomic E-state index is 13.1. The highest BCUT2D eigenvalue weighted by molar-refractivity contribution is 6.05. The molecule has 0 unspecified atom stereocenters. The van der Waals surface area contributed by atoms with Crippen molar-refractivity contribution in [3.63, 3.8) is 0 Å². The van der Waals surface area contributed by atoms with Crippen molar-refractivity contribution in [2.45, 2.75) is 13.0 Å². The largest absolute Gasteiger partial charge is 0.398 e. The van der Waals surface area contributed by atoms with Crippen molar-refractivity contribution >= 4 is 28.4 Å². The molecule has 4 aromatic rings. The van der Waals surface area contributed by atoms with Crippen LogP contribution >= 0.6 is 0 Å². The number of aromatic nitrogens is 2. The molecular formula is C26H25N5O3. The molecule has 3 aromatic carbocycles. The van der Waals surface area contributed by atoms with Crippen molar-refractivity contribution in [2.24, 2.45) is 5.73 Å². The molecule has 172 valence electrons. The van der Waals surface area contributed by atoms with Crippen LogP contribution in [-0.2, 0) is 16.1 Å². The Morgan fingerprint density at radius 3 is 2.71 bits per heavy atom. The van der Waals surface area contributed by atoms with Gasteiger partial charge in [-0.05, 0) is 41.3 Å². The van der Waals surface area contributed by atoms with Gasteiger partial charge in [-0.25, -0.2) is 0 Å². The smallest absolute Gasteiger partial charge is 0.256 e. The summed E-state index contributed by atoms with van der Waals surface area (Å²) in [6.45, 7) is 1.21. The third-order valence-corrected chi connectivity index (χ3v) is 6.08. The van der Waals surface area contributed by atoms with Crippen LogP contribution in [-0.4, -0.2) is 46.7 Å². The van der Waals surface area contributed by atoms with Gasteiger partial charge in [0.05, 0.1) is 16.8 Å². The molecule has 1 aliphatic heterocycles. The highest BCUT2D eigenvalue weighted by Gasteiger charge is 2.31. The standard InChI is InChI=1S/C26H25N5O3/c27-21-9-8-18(20-14-31(26(33)24(20)21)11-4-12-34-15-23(28)32)17-7-10-22-19(13-17)25(30-29-22)16-5-2-1-3-6-16/h1-3,5-10,13H,4,11-12,14-15,27H2,(H2,28,32)(H,29,30). The van der Waals surface area contributed by atoms with Gasteiger partial charge in [-0.2, -0.15) is 5.10 Å². The van der Waals surface area contributed by atoms with Crippen LogP contribution < -0.4 is 11.5 Å². The van der Waals surface area contributed by atoms with Crippen molar-refractivity contribution in [1.82, 2.24) is 15.1 Å². The monoisotopic (exact) mass is 455 g/mol. The number of nitrogens with two attached hydrogens (primary N) is 2. The number of ether oxygens (including phenoxy) is 1. The number of hydrogen-bond acceptors (Lipinski definition) is 5. The van der Waals surface area contributed by atoms with Crippen molar-refractivity contribution in [2.75, 3.05) is 25.5 Å². The fourth-order valence-corrected chi connectivity index (χ4v) is 4.48. The number of nitrogens with zero attached hydrogens (tertiary/aromatic N) is 2. The Bertz CT molecular complexity index is 1380. The second-order valence-corrected chi connectivity index (χ2v) is 8.35. The number of amides is 2. The fraction of sp³-hybridized carbons (Fsp3) is 0.192. The number of carbonyl (C=O) groups is 2. The van der Waals surface area contributed by atoms with Crippen LogP contribution in [0.25, 0.3) is 33.3 Å². The van der Waals surface area contributed by atoms with Crippen molar-refractivity contribution in [1.29, 1.82) is 0 Å². The van der Waals surface area contributed by atoms with Crippen molar-refractivity contribution < 1.29 is 14.3 Å². The minimum atomic E-state index is -0.507. The second-order valence-electron chi connectivity index (χ2n) is 8.35. The van der Waals surface area contributed by atoms with Gasteiger partial charge in [-0.1, -0.05) is 42.5 Å². The first-order valence-electron chi connectivity index (χ1n) is 11.1. The summed E-state index contributed by atoms with van der Waals surface area (Å²) < 4.78 is 5.22. The van der Waals surface area contributed by atoms with E-state index in [1.54, 1.807) is 11.0 Å². The average Bonchev–Trinajstić information content (AvgIpc) is 3.41. The van der Waals surface area contributed by atoms with Crippen LogP contribution in [0.4, 0.5) is 5.69 Å².